The minimum atomic E-state index is -0.0944. The molecule has 0 aliphatic carbocycles. The number of anilines is 1. The van der Waals surface area contributed by atoms with Gasteiger partial charge in [0.25, 0.3) is 0 Å². The van der Waals surface area contributed by atoms with Crippen molar-refractivity contribution in [2.24, 2.45) is 5.41 Å². The number of hydrogen-bond acceptors (Lipinski definition) is 2. The molecule has 1 aliphatic rings. The number of aliphatic hydroxyl groups is 1. The number of urea groups is 1. The molecule has 1 aliphatic heterocycles. The van der Waals surface area contributed by atoms with Gasteiger partial charge in [0.1, 0.15) is 0 Å². The van der Waals surface area contributed by atoms with Crippen molar-refractivity contribution < 1.29 is 9.90 Å². The highest BCUT2D eigenvalue weighted by molar-refractivity contribution is 6.31. The number of nitrogens with one attached hydrogen (secondary N) is 1. The number of aryl methyl sites for hydroxylation is 1. The number of amides is 2. The number of carbonyl (C=O) groups excluding carboxylic acids is 1. The molecule has 0 atom stereocenters. The number of likely N-dealkylation sites (tertiary alicyclic amines) is 1. The lowest BCUT2D eigenvalue weighted by Crippen LogP contribution is -2.46. The molecule has 1 fully saturated rings. The van der Waals surface area contributed by atoms with Crippen LogP contribution < -0.4 is 5.32 Å². The highest BCUT2D eigenvalue weighted by Gasteiger charge is 2.33. The van der Waals surface area contributed by atoms with E-state index in [1.165, 1.54) is 0 Å². The second-order valence-electron chi connectivity index (χ2n) is 5.89. The molecule has 0 bridgehead atoms. The summed E-state index contributed by atoms with van der Waals surface area (Å²) < 4.78 is 0. The Kier molecular flexibility index (Phi) is 5.12. The van der Waals surface area contributed by atoms with E-state index in [0.29, 0.717) is 18.1 Å². The Bertz CT molecular complexity index is 505. The van der Waals surface area contributed by atoms with Crippen LogP contribution in [-0.4, -0.2) is 35.7 Å². The Morgan fingerprint density at radius 3 is 2.67 bits per heavy atom. The molecular weight excluding hydrogens is 288 g/mol. The fourth-order valence-electron chi connectivity index (χ4n) is 2.73. The molecule has 0 spiro atoms. The van der Waals surface area contributed by atoms with Gasteiger partial charge in [-0.25, -0.2) is 4.79 Å². The first-order valence-electron chi connectivity index (χ1n) is 7.42. The summed E-state index contributed by atoms with van der Waals surface area (Å²) in [6.07, 6.45) is 2.65. The monoisotopic (exact) mass is 310 g/mol. The number of halogens is 1. The number of hydrogen-bond donors (Lipinski definition) is 2. The molecule has 0 unspecified atom stereocenters. The lowest BCUT2D eigenvalue weighted by atomic mass is 9.77. The molecule has 5 heteroatoms. The van der Waals surface area contributed by atoms with Gasteiger partial charge in [-0.05, 0) is 49.3 Å². The summed E-state index contributed by atoms with van der Waals surface area (Å²) >= 11 is 5.97. The molecule has 1 saturated heterocycles. The van der Waals surface area contributed by atoms with Gasteiger partial charge in [-0.1, -0.05) is 24.6 Å². The van der Waals surface area contributed by atoms with Gasteiger partial charge >= 0.3 is 6.03 Å². The Morgan fingerprint density at radius 1 is 1.43 bits per heavy atom. The van der Waals surface area contributed by atoms with Crippen LogP contribution in [0.5, 0.6) is 0 Å². The summed E-state index contributed by atoms with van der Waals surface area (Å²) in [7, 11) is 0. The van der Waals surface area contributed by atoms with E-state index >= 15 is 0 Å². The van der Waals surface area contributed by atoms with Crippen molar-refractivity contribution in [2.45, 2.75) is 33.1 Å². The normalized spacial score (nSPS) is 17.6. The first kappa shape index (κ1) is 16.1. The van der Waals surface area contributed by atoms with Gasteiger partial charge in [-0.3, -0.25) is 0 Å². The second-order valence-corrected chi connectivity index (χ2v) is 6.32. The van der Waals surface area contributed by atoms with E-state index in [0.717, 1.165) is 30.5 Å². The molecule has 21 heavy (non-hydrogen) atoms. The SMILES string of the molecule is CCC1(CO)CCN(C(=O)Nc2cc(Cl)ccc2C)CC1. The topological polar surface area (TPSA) is 52.6 Å². The van der Waals surface area contributed by atoms with E-state index in [2.05, 4.69) is 12.2 Å². The van der Waals surface area contributed by atoms with Crippen LogP contribution in [-0.2, 0) is 0 Å². The van der Waals surface area contributed by atoms with Crippen molar-refractivity contribution >= 4 is 23.3 Å². The largest absolute Gasteiger partial charge is 0.396 e. The first-order valence-corrected chi connectivity index (χ1v) is 7.80. The zero-order valence-corrected chi connectivity index (χ0v) is 13.4. The van der Waals surface area contributed by atoms with Crippen molar-refractivity contribution in [3.05, 3.63) is 28.8 Å². The van der Waals surface area contributed by atoms with Gasteiger partial charge in [0.2, 0.25) is 0 Å². The number of rotatable bonds is 3. The molecule has 1 aromatic carbocycles. The summed E-state index contributed by atoms with van der Waals surface area (Å²) in [5, 5.41) is 13.1. The van der Waals surface area contributed by atoms with E-state index in [-0.39, 0.29) is 18.1 Å². The van der Waals surface area contributed by atoms with Crippen LogP contribution in [0.2, 0.25) is 5.02 Å². The van der Waals surface area contributed by atoms with E-state index in [4.69, 9.17) is 11.6 Å². The third-order valence-electron chi connectivity index (χ3n) is 4.64. The standard InChI is InChI=1S/C16H23ClN2O2/c1-3-16(11-20)6-8-19(9-7-16)15(21)18-14-10-13(17)5-4-12(14)2/h4-5,10,20H,3,6-9,11H2,1-2H3,(H,18,21). The molecule has 2 rings (SSSR count). The number of benzene rings is 1. The number of nitrogens with zero attached hydrogens (tertiary/aromatic N) is 1. The van der Waals surface area contributed by atoms with Crippen molar-refractivity contribution in [1.82, 2.24) is 4.90 Å². The number of carbonyl (C=O) groups is 1. The van der Waals surface area contributed by atoms with Gasteiger partial charge in [0.05, 0.1) is 0 Å². The zero-order chi connectivity index (χ0) is 15.5. The maximum atomic E-state index is 12.3. The second kappa shape index (κ2) is 6.67. The molecular formula is C16H23ClN2O2. The van der Waals surface area contributed by atoms with Crippen LogP contribution in [0.15, 0.2) is 18.2 Å². The van der Waals surface area contributed by atoms with E-state index in [9.17, 15) is 9.90 Å². The fourth-order valence-corrected chi connectivity index (χ4v) is 2.90. The molecule has 0 radical (unpaired) electrons. The highest BCUT2D eigenvalue weighted by Crippen LogP contribution is 2.34. The van der Waals surface area contributed by atoms with E-state index < -0.39 is 0 Å². The Balaban J connectivity index is 1.98. The summed E-state index contributed by atoms with van der Waals surface area (Å²) in [5.41, 5.74) is 1.73. The summed E-state index contributed by atoms with van der Waals surface area (Å²) in [5.74, 6) is 0. The maximum absolute atomic E-state index is 12.3. The predicted octanol–water partition coefficient (Wildman–Crippen LogP) is 3.66. The van der Waals surface area contributed by atoms with Crippen LogP contribution in [0.4, 0.5) is 10.5 Å². The summed E-state index contributed by atoms with van der Waals surface area (Å²) in [4.78, 5) is 14.1. The van der Waals surface area contributed by atoms with Gasteiger partial charge in [-0.2, -0.15) is 0 Å². The lowest BCUT2D eigenvalue weighted by Gasteiger charge is -2.40. The molecule has 2 N–H and O–H groups in total. The Morgan fingerprint density at radius 2 is 2.10 bits per heavy atom. The fraction of sp³-hybridized carbons (Fsp3) is 0.562. The van der Waals surface area contributed by atoms with Crippen molar-refractivity contribution in [3.63, 3.8) is 0 Å². The summed E-state index contributed by atoms with van der Waals surface area (Å²) in [6, 6.07) is 5.37. The highest BCUT2D eigenvalue weighted by atomic mass is 35.5. The molecule has 0 saturated carbocycles. The minimum Gasteiger partial charge on any atom is -0.396 e. The van der Waals surface area contributed by atoms with E-state index in [1.54, 1.807) is 6.07 Å². The third kappa shape index (κ3) is 3.69. The van der Waals surface area contributed by atoms with Crippen LogP contribution >= 0.6 is 11.6 Å². The van der Waals surface area contributed by atoms with Crippen LogP contribution in [0.3, 0.4) is 0 Å². The molecule has 2 amide bonds. The zero-order valence-electron chi connectivity index (χ0n) is 12.7. The quantitative estimate of drug-likeness (QED) is 0.895. The smallest absolute Gasteiger partial charge is 0.321 e. The molecule has 1 aromatic rings. The first-order chi connectivity index (χ1) is 9.99. The number of piperidine rings is 1. The third-order valence-corrected chi connectivity index (χ3v) is 4.87. The van der Waals surface area contributed by atoms with Crippen LogP contribution in [0.1, 0.15) is 31.7 Å². The Labute approximate surface area is 131 Å². The molecule has 0 aromatic heterocycles. The van der Waals surface area contributed by atoms with Gasteiger partial charge in [0, 0.05) is 30.4 Å². The number of aliphatic hydroxyl groups excluding tert-OH is 1. The van der Waals surface area contributed by atoms with Crippen LogP contribution in [0.25, 0.3) is 0 Å². The van der Waals surface area contributed by atoms with Gasteiger partial charge in [-0.15, -0.1) is 0 Å². The molecule has 1 heterocycles. The summed E-state index contributed by atoms with van der Waals surface area (Å²) in [6.45, 7) is 5.60. The van der Waals surface area contributed by atoms with Crippen molar-refractivity contribution in [1.29, 1.82) is 0 Å². The molecule has 4 nitrogen and oxygen atoms in total. The van der Waals surface area contributed by atoms with Crippen molar-refractivity contribution in [2.75, 3.05) is 25.0 Å². The molecule has 116 valence electrons. The van der Waals surface area contributed by atoms with Crippen LogP contribution in [0, 0.1) is 12.3 Å². The van der Waals surface area contributed by atoms with Crippen molar-refractivity contribution in [3.8, 4) is 0 Å². The van der Waals surface area contributed by atoms with Gasteiger partial charge < -0.3 is 15.3 Å². The van der Waals surface area contributed by atoms with Gasteiger partial charge in [0.15, 0.2) is 0 Å². The van der Waals surface area contributed by atoms with E-state index in [1.807, 2.05) is 24.0 Å². The lowest BCUT2D eigenvalue weighted by molar-refractivity contribution is 0.0542. The average molecular weight is 311 g/mol. The average Bonchev–Trinajstić information content (AvgIpc) is 2.51. The Hall–Kier alpha value is -1.26. The predicted molar refractivity (Wildman–Crippen MR) is 85.8 cm³/mol. The maximum Gasteiger partial charge on any atom is 0.321 e. The minimum absolute atomic E-state index is 0.0112.